The fourth-order valence-electron chi connectivity index (χ4n) is 2.60. The Morgan fingerprint density at radius 3 is 2.43 bits per heavy atom. The summed E-state index contributed by atoms with van der Waals surface area (Å²) in [6, 6.07) is 18.1. The quantitative estimate of drug-likeness (QED) is 0.580. The largest absolute Gasteiger partial charge is 0.340 e. The summed E-state index contributed by atoms with van der Waals surface area (Å²) in [5, 5.41) is 8.11. The number of hydrogen-bond donors (Lipinski definition) is 2. The molecule has 1 heterocycles. The van der Waals surface area contributed by atoms with Crippen LogP contribution in [0.25, 0.3) is 11.3 Å². The highest BCUT2D eigenvalue weighted by Gasteiger charge is 2.22. The second kappa shape index (κ2) is 10.1. The standard InChI is InChI=1S/C21H21N3O2S2/c1-27-13-12-17(22-19(25)16-10-6-3-7-11-16)20(26)24-21-23-18(14-28-21)15-8-4-2-5-9-15/h2-11,14,17H,12-13H2,1H3,(H,22,25)(H,23,24,26)/t17-/m1/s1. The number of benzene rings is 2. The van der Waals surface area contributed by atoms with E-state index in [1.165, 1.54) is 11.3 Å². The summed E-state index contributed by atoms with van der Waals surface area (Å²) >= 11 is 3.00. The zero-order valence-corrected chi connectivity index (χ0v) is 17.1. The normalized spacial score (nSPS) is 11.6. The first-order valence-corrected chi connectivity index (χ1v) is 11.1. The van der Waals surface area contributed by atoms with Crippen LogP contribution in [0, 0.1) is 0 Å². The van der Waals surface area contributed by atoms with Crippen LogP contribution in [0.2, 0.25) is 0 Å². The van der Waals surface area contributed by atoms with Gasteiger partial charge in [0.05, 0.1) is 5.69 Å². The van der Waals surface area contributed by atoms with Gasteiger partial charge in [0.2, 0.25) is 5.91 Å². The van der Waals surface area contributed by atoms with Gasteiger partial charge in [0, 0.05) is 16.5 Å². The van der Waals surface area contributed by atoms with Gasteiger partial charge in [-0.25, -0.2) is 4.98 Å². The molecule has 1 aromatic heterocycles. The predicted octanol–water partition coefficient (Wildman–Crippen LogP) is 4.30. The van der Waals surface area contributed by atoms with E-state index in [1.807, 2.05) is 48.0 Å². The lowest BCUT2D eigenvalue weighted by atomic mass is 10.1. The minimum absolute atomic E-state index is 0.257. The van der Waals surface area contributed by atoms with Crippen molar-refractivity contribution in [2.75, 3.05) is 17.3 Å². The summed E-state index contributed by atoms with van der Waals surface area (Å²) in [7, 11) is 0. The highest BCUT2D eigenvalue weighted by molar-refractivity contribution is 7.98. The van der Waals surface area contributed by atoms with Gasteiger partial charge < -0.3 is 10.6 Å². The molecule has 0 saturated heterocycles. The topological polar surface area (TPSA) is 71.1 Å². The number of thioether (sulfide) groups is 1. The smallest absolute Gasteiger partial charge is 0.251 e. The maximum absolute atomic E-state index is 12.8. The number of rotatable bonds is 8. The maximum Gasteiger partial charge on any atom is 0.251 e. The number of thiazole rings is 1. The molecular formula is C21H21N3O2S2. The molecule has 28 heavy (non-hydrogen) atoms. The third-order valence-corrected chi connectivity index (χ3v) is 5.47. The minimum Gasteiger partial charge on any atom is -0.340 e. The van der Waals surface area contributed by atoms with Crippen molar-refractivity contribution in [2.24, 2.45) is 0 Å². The number of amides is 2. The van der Waals surface area contributed by atoms with Gasteiger partial charge in [0.25, 0.3) is 5.91 Å². The molecule has 2 N–H and O–H groups in total. The summed E-state index contributed by atoms with van der Waals surface area (Å²) < 4.78 is 0. The Bertz CT molecular complexity index is 914. The van der Waals surface area contributed by atoms with Crippen molar-refractivity contribution >= 4 is 40.0 Å². The van der Waals surface area contributed by atoms with Crippen LogP contribution in [-0.4, -0.2) is 34.8 Å². The Morgan fingerprint density at radius 2 is 1.75 bits per heavy atom. The van der Waals surface area contributed by atoms with Crippen LogP contribution < -0.4 is 10.6 Å². The highest BCUT2D eigenvalue weighted by Crippen LogP contribution is 2.24. The number of carbonyl (C=O) groups is 2. The van der Waals surface area contributed by atoms with Crippen LogP contribution in [0.1, 0.15) is 16.8 Å². The van der Waals surface area contributed by atoms with Crippen LogP contribution in [0.15, 0.2) is 66.0 Å². The van der Waals surface area contributed by atoms with Gasteiger partial charge in [-0.05, 0) is 30.6 Å². The summed E-state index contributed by atoms with van der Waals surface area (Å²) in [4.78, 5) is 29.7. The molecule has 0 fully saturated rings. The summed E-state index contributed by atoms with van der Waals surface area (Å²) in [5.41, 5.74) is 2.34. The molecule has 0 spiro atoms. The molecule has 2 aromatic carbocycles. The van der Waals surface area contributed by atoms with E-state index in [-0.39, 0.29) is 11.8 Å². The van der Waals surface area contributed by atoms with Crippen molar-refractivity contribution in [3.8, 4) is 11.3 Å². The van der Waals surface area contributed by atoms with Crippen LogP contribution in [-0.2, 0) is 4.79 Å². The van der Waals surface area contributed by atoms with Gasteiger partial charge in [0.15, 0.2) is 5.13 Å². The van der Waals surface area contributed by atoms with Gasteiger partial charge >= 0.3 is 0 Å². The van der Waals surface area contributed by atoms with E-state index < -0.39 is 6.04 Å². The molecule has 0 bridgehead atoms. The molecule has 7 heteroatoms. The van der Waals surface area contributed by atoms with Crippen LogP contribution in [0.4, 0.5) is 5.13 Å². The molecule has 0 radical (unpaired) electrons. The summed E-state index contributed by atoms with van der Waals surface area (Å²) in [6.07, 6.45) is 2.52. The number of aromatic nitrogens is 1. The van der Waals surface area contributed by atoms with Crippen molar-refractivity contribution in [1.82, 2.24) is 10.3 Å². The molecular weight excluding hydrogens is 390 g/mol. The molecule has 3 aromatic rings. The van der Waals surface area contributed by atoms with E-state index in [0.29, 0.717) is 17.1 Å². The van der Waals surface area contributed by atoms with Gasteiger partial charge in [0.1, 0.15) is 6.04 Å². The zero-order valence-electron chi connectivity index (χ0n) is 15.4. The number of anilines is 1. The number of carbonyl (C=O) groups excluding carboxylic acids is 2. The molecule has 0 saturated carbocycles. The second-order valence-electron chi connectivity index (χ2n) is 6.07. The van der Waals surface area contributed by atoms with Gasteiger partial charge in [-0.3, -0.25) is 9.59 Å². The molecule has 0 aliphatic rings. The van der Waals surface area contributed by atoms with Crippen molar-refractivity contribution in [2.45, 2.75) is 12.5 Å². The fourth-order valence-corrected chi connectivity index (χ4v) is 3.79. The van der Waals surface area contributed by atoms with E-state index in [4.69, 9.17) is 0 Å². The summed E-state index contributed by atoms with van der Waals surface area (Å²) in [6.45, 7) is 0. The van der Waals surface area contributed by atoms with Crippen LogP contribution >= 0.6 is 23.1 Å². The Labute approximate surface area is 172 Å². The van der Waals surface area contributed by atoms with Crippen molar-refractivity contribution in [3.05, 3.63) is 71.6 Å². The zero-order chi connectivity index (χ0) is 19.8. The Morgan fingerprint density at radius 1 is 1.07 bits per heavy atom. The van der Waals surface area contributed by atoms with Gasteiger partial charge in [-0.1, -0.05) is 48.5 Å². The molecule has 0 unspecified atom stereocenters. The molecule has 2 amide bonds. The number of nitrogens with zero attached hydrogens (tertiary/aromatic N) is 1. The first kappa shape index (κ1) is 20.1. The van der Waals surface area contributed by atoms with E-state index in [2.05, 4.69) is 15.6 Å². The van der Waals surface area contributed by atoms with Gasteiger partial charge in [-0.2, -0.15) is 11.8 Å². The third-order valence-electron chi connectivity index (χ3n) is 4.07. The first-order chi connectivity index (χ1) is 13.7. The third kappa shape index (κ3) is 5.43. The SMILES string of the molecule is CSCC[C@@H](NC(=O)c1ccccc1)C(=O)Nc1nc(-c2ccccc2)cs1. The van der Waals surface area contributed by atoms with Crippen molar-refractivity contribution in [3.63, 3.8) is 0 Å². The Hall–Kier alpha value is -2.64. The average molecular weight is 412 g/mol. The van der Waals surface area contributed by atoms with E-state index >= 15 is 0 Å². The van der Waals surface area contributed by atoms with Crippen LogP contribution in [0.3, 0.4) is 0 Å². The lowest BCUT2D eigenvalue weighted by Crippen LogP contribution is -2.44. The summed E-state index contributed by atoms with van der Waals surface area (Å²) in [5.74, 6) is 0.249. The minimum atomic E-state index is -0.621. The first-order valence-electron chi connectivity index (χ1n) is 8.84. The second-order valence-corrected chi connectivity index (χ2v) is 7.91. The fraction of sp³-hybridized carbons (Fsp3) is 0.190. The molecule has 5 nitrogen and oxygen atoms in total. The molecule has 144 valence electrons. The molecule has 0 aliphatic heterocycles. The van der Waals surface area contributed by atoms with Crippen molar-refractivity contribution in [1.29, 1.82) is 0 Å². The Kier molecular flexibility index (Phi) is 7.22. The highest BCUT2D eigenvalue weighted by atomic mass is 32.2. The lowest BCUT2D eigenvalue weighted by Gasteiger charge is -2.17. The Balaban J connectivity index is 1.68. The monoisotopic (exact) mass is 411 g/mol. The van der Waals surface area contributed by atoms with E-state index in [1.54, 1.807) is 36.0 Å². The number of nitrogens with one attached hydrogen (secondary N) is 2. The lowest BCUT2D eigenvalue weighted by molar-refractivity contribution is -0.118. The molecule has 1 atom stereocenters. The molecule has 3 rings (SSSR count). The van der Waals surface area contributed by atoms with E-state index in [9.17, 15) is 9.59 Å². The van der Waals surface area contributed by atoms with Crippen LogP contribution in [0.5, 0.6) is 0 Å². The molecule has 0 aliphatic carbocycles. The average Bonchev–Trinajstić information content (AvgIpc) is 3.20. The van der Waals surface area contributed by atoms with E-state index in [0.717, 1.165) is 17.0 Å². The number of hydrogen-bond acceptors (Lipinski definition) is 5. The predicted molar refractivity (Wildman–Crippen MR) is 117 cm³/mol. The van der Waals surface area contributed by atoms with Crippen molar-refractivity contribution < 1.29 is 9.59 Å². The van der Waals surface area contributed by atoms with Gasteiger partial charge in [-0.15, -0.1) is 11.3 Å². The maximum atomic E-state index is 12.8.